The highest BCUT2D eigenvalue weighted by atomic mass is 16.4. The zero-order valence-corrected chi connectivity index (χ0v) is 28.4. The molecule has 2 atom stereocenters. The normalized spacial score (nSPS) is 18.4. The molecule has 0 aromatic carbocycles. The van der Waals surface area contributed by atoms with E-state index in [1.54, 1.807) is 0 Å². The molecule has 252 valence electrons. The molecule has 1 aliphatic rings. The van der Waals surface area contributed by atoms with E-state index in [2.05, 4.69) is 13.8 Å². The second-order valence-corrected chi connectivity index (χ2v) is 13.3. The molecule has 6 nitrogen and oxygen atoms in total. The summed E-state index contributed by atoms with van der Waals surface area (Å²) < 4.78 is 0. The number of Topliss-reactive ketones (excluding diaryl/α,β-unsaturated/α-hetero) is 1. The van der Waals surface area contributed by atoms with E-state index in [-0.39, 0.29) is 31.7 Å². The second-order valence-electron chi connectivity index (χ2n) is 13.3. The van der Waals surface area contributed by atoms with Crippen LogP contribution in [0.1, 0.15) is 200 Å². The summed E-state index contributed by atoms with van der Waals surface area (Å²) in [5, 5.41) is 20.8. The quantitative estimate of drug-likeness (QED) is 0.0626. The van der Waals surface area contributed by atoms with Gasteiger partial charge in [-0.1, -0.05) is 168 Å². The number of carboxylic acids is 1. The monoisotopic (exact) mass is 608 g/mol. The van der Waals surface area contributed by atoms with Crippen LogP contribution in [0.5, 0.6) is 0 Å². The van der Waals surface area contributed by atoms with Crippen molar-refractivity contribution in [2.45, 2.75) is 212 Å². The predicted molar refractivity (Wildman–Crippen MR) is 178 cm³/mol. The number of aliphatic carboxylic acids is 1. The molecule has 1 rings (SSSR count). The van der Waals surface area contributed by atoms with Crippen molar-refractivity contribution in [2.24, 2.45) is 0 Å². The number of aliphatic hydroxyl groups excluding tert-OH is 1. The van der Waals surface area contributed by atoms with E-state index in [1.807, 2.05) is 0 Å². The minimum atomic E-state index is -2.11. The zero-order valence-electron chi connectivity index (χ0n) is 28.4. The van der Waals surface area contributed by atoms with Gasteiger partial charge in [-0.2, -0.15) is 0 Å². The standard InChI is InChI=1S/C37H69NO5/c1-3-5-7-9-11-13-15-17-19-21-23-25-27-29-33(39)37(36(42)43)34(40)31-32-38(37)35(41)30-28-26-24-22-20-18-16-14-12-10-8-6-4-2/h34,40H,3-32H2,1-2H3,(H,42,43)/t34?,37-/m0/s1. The van der Waals surface area contributed by atoms with Crippen LogP contribution in [0.4, 0.5) is 0 Å². The minimum Gasteiger partial charge on any atom is -0.479 e. The van der Waals surface area contributed by atoms with Gasteiger partial charge < -0.3 is 15.1 Å². The van der Waals surface area contributed by atoms with Crippen LogP contribution in [-0.2, 0) is 14.4 Å². The van der Waals surface area contributed by atoms with Gasteiger partial charge in [0.05, 0.1) is 6.10 Å². The Bertz CT molecular complexity index is 726. The summed E-state index contributed by atoms with van der Waals surface area (Å²) in [6, 6.07) is 0. The highest BCUT2D eigenvalue weighted by molar-refractivity contribution is 6.11. The van der Waals surface area contributed by atoms with Crippen LogP contribution in [-0.4, -0.2) is 51.0 Å². The van der Waals surface area contributed by atoms with Crippen LogP contribution in [0, 0.1) is 0 Å². The van der Waals surface area contributed by atoms with Gasteiger partial charge in [-0.25, -0.2) is 4.79 Å². The third kappa shape index (κ3) is 15.9. The van der Waals surface area contributed by atoms with E-state index in [9.17, 15) is 24.6 Å². The summed E-state index contributed by atoms with van der Waals surface area (Å²) in [4.78, 5) is 40.0. The maximum Gasteiger partial charge on any atom is 0.340 e. The van der Waals surface area contributed by atoms with Crippen molar-refractivity contribution < 1.29 is 24.6 Å². The molecule has 0 aromatic rings. The third-order valence-corrected chi connectivity index (χ3v) is 9.59. The number of ketones is 1. The number of aliphatic hydroxyl groups is 1. The smallest absolute Gasteiger partial charge is 0.340 e. The molecule has 1 saturated heterocycles. The van der Waals surface area contributed by atoms with Crippen LogP contribution < -0.4 is 0 Å². The van der Waals surface area contributed by atoms with E-state index < -0.39 is 23.4 Å². The average Bonchev–Trinajstić information content (AvgIpc) is 3.35. The molecule has 1 amide bonds. The lowest BCUT2D eigenvalue weighted by Crippen LogP contribution is -2.63. The number of amides is 1. The lowest BCUT2D eigenvalue weighted by atomic mass is 9.85. The predicted octanol–water partition coefficient (Wildman–Crippen LogP) is 9.93. The molecule has 1 heterocycles. The summed E-state index contributed by atoms with van der Waals surface area (Å²) in [6.07, 6.45) is 30.4. The molecule has 6 heteroatoms. The Kier molecular flexibility index (Phi) is 23.8. The van der Waals surface area contributed by atoms with Gasteiger partial charge in [0, 0.05) is 19.4 Å². The highest BCUT2D eigenvalue weighted by Gasteiger charge is 2.60. The molecule has 1 unspecified atom stereocenters. The number of carboxylic acid groups (broad SMARTS) is 1. The number of carbonyl (C=O) groups excluding carboxylic acids is 2. The van der Waals surface area contributed by atoms with Crippen molar-refractivity contribution in [3.8, 4) is 0 Å². The van der Waals surface area contributed by atoms with Crippen molar-refractivity contribution in [3.63, 3.8) is 0 Å². The van der Waals surface area contributed by atoms with Crippen LogP contribution >= 0.6 is 0 Å². The second kappa shape index (κ2) is 25.9. The molecule has 1 fully saturated rings. The number of unbranched alkanes of at least 4 members (excludes halogenated alkanes) is 24. The van der Waals surface area contributed by atoms with Crippen LogP contribution in [0.2, 0.25) is 0 Å². The van der Waals surface area contributed by atoms with Crippen molar-refractivity contribution >= 4 is 17.7 Å². The summed E-state index contributed by atoms with van der Waals surface area (Å²) in [6.45, 7) is 4.63. The van der Waals surface area contributed by atoms with Gasteiger partial charge in [0.1, 0.15) is 0 Å². The Morgan fingerprint density at radius 3 is 1.23 bits per heavy atom. The highest BCUT2D eigenvalue weighted by Crippen LogP contribution is 2.34. The fraction of sp³-hybridized carbons (Fsp3) is 0.919. The first-order valence-corrected chi connectivity index (χ1v) is 18.7. The summed E-state index contributed by atoms with van der Waals surface area (Å²) in [7, 11) is 0. The maximum absolute atomic E-state index is 13.3. The fourth-order valence-electron chi connectivity index (χ4n) is 6.77. The molecule has 43 heavy (non-hydrogen) atoms. The molecule has 0 aromatic heterocycles. The maximum atomic E-state index is 13.3. The van der Waals surface area contributed by atoms with Gasteiger partial charge in [0.15, 0.2) is 5.78 Å². The Morgan fingerprint density at radius 1 is 0.558 bits per heavy atom. The van der Waals surface area contributed by atoms with Crippen molar-refractivity contribution in [3.05, 3.63) is 0 Å². The summed E-state index contributed by atoms with van der Waals surface area (Å²) in [5.74, 6) is -2.19. The number of nitrogens with zero attached hydrogens (tertiary/aromatic N) is 1. The van der Waals surface area contributed by atoms with E-state index in [0.717, 1.165) is 32.1 Å². The van der Waals surface area contributed by atoms with Gasteiger partial charge >= 0.3 is 5.97 Å². The SMILES string of the molecule is CCCCCCCCCCCCCCCC(=O)N1CCC(O)[C@]1(C(=O)O)C(=O)CCCCCCCCCCCCCCC. The number of rotatable bonds is 30. The molecule has 0 spiro atoms. The van der Waals surface area contributed by atoms with E-state index >= 15 is 0 Å². The van der Waals surface area contributed by atoms with Gasteiger partial charge in [-0.05, 0) is 19.3 Å². The molecule has 0 radical (unpaired) electrons. The van der Waals surface area contributed by atoms with E-state index in [4.69, 9.17) is 0 Å². The molecular formula is C37H69NO5. The Balaban J connectivity index is 2.27. The van der Waals surface area contributed by atoms with Crippen LogP contribution in [0.25, 0.3) is 0 Å². The Morgan fingerprint density at radius 2 is 0.884 bits per heavy atom. The first-order chi connectivity index (χ1) is 20.9. The van der Waals surface area contributed by atoms with Gasteiger partial charge in [-0.3, -0.25) is 9.59 Å². The van der Waals surface area contributed by atoms with Gasteiger partial charge in [-0.15, -0.1) is 0 Å². The molecular weight excluding hydrogens is 538 g/mol. The van der Waals surface area contributed by atoms with Crippen LogP contribution in [0.15, 0.2) is 0 Å². The van der Waals surface area contributed by atoms with Gasteiger partial charge in [0.25, 0.3) is 0 Å². The van der Waals surface area contributed by atoms with Crippen molar-refractivity contribution in [1.82, 2.24) is 4.90 Å². The number of hydrogen-bond donors (Lipinski definition) is 2. The number of hydrogen-bond acceptors (Lipinski definition) is 4. The molecule has 0 saturated carbocycles. The van der Waals surface area contributed by atoms with Crippen LogP contribution in [0.3, 0.4) is 0 Å². The van der Waals surface area contributed by atoms with Crippen molar-refractivity contribution in [2.75, 3.05) is 6.54 Å². The lowest BCUT2D eigenvalue weighted by molar-refractivity contribution is -0.167. The largest absolute Gasteiger partial charge is 0.479 e. The minimum absolute atomic E-state index is 0.101. The third-order valence-electron chi connectivity index (χ3n) is 9.59. The van der Waals surface area contributed by atoms with Crippen molar-refractivity contribution in [1.29, 1.82) is 0 Å². The summed E-state index contributed by atoms with van der Waals surface area (Å²) >= 11 is 0. The number of carbonyl (C=O) groups is 3. The van der Waals surface area contributed by atoms with E-state index in [0.29, 0.717) is 12.8 Å². The Hall–Kier alpha value is -1.43. The topological polar surface area (TPSA) is 94.9 Å². The average molecular weight is 608 g/mol. The van der Waals surface area contributed by atoms with E-state index in [1.165, 1.54) is 127 Å². The lowest BCUT2D eigenvalue weighted by Gasteiger charge is -2.35. The molecule has 1 aliphatic heterocycles. The molecule has 0 bridgehead atoms. The molecule has 2 N–H and O–H groups in total. The number of likely N-dealkylation sites (tertiary alicyclic amines) is 1. The van der Waals surface area contributed by atoms with Gasteiger partial charge in [0.2, 0.25) is 11.4 Å². The fourth-order valence-corrected chi connectivity index (χ4v) is 6.77. The Labute approximate surface area is 265 Å². The first-order valence-electron chi connectivity index (χ1n) is 18.7. The zero-order chi connectivity index (χ0) is 31.6. The summed E-state index contributed by atoms with van der Waals surface area (Å²) in [5.41, 5.74) is -2.11. The first kappa shape index (κ1) is 39.6. The molecule has 0 aliphatic carbocycles.